The maximum Gasteiger partial charge on any atom is 0.490 e. The topological polar surface area (TPSA) is 47.9 Å². The Labute approximate surface area is 59.4 Å². The van der Waals surface area contributed by atoms with Crippen molar-refractivity contribution in [1.82, 2.24) is 0 Å². The van der Waals surface area contributed by atoms with Crippen LogP contribution in [0, 0.1) is 0 Å². The van der Waals surface area contributed by atoms with Crippen molar-refractivity contribution in [1.29, 1.82) is 0 Å². The van der Waals surface area contributed by atoms with Crippen LogP contribution in [0.1, 0.15) is 6.92 Å². The predicted molar refractivity (Wildman–Crippen MR) is 32.1 cm³/mol. The number of fused-ring (bicyclic) bond motifs is 1. The van der Waals surface area contributed by atoms with Gasteiger partial charge in [-0.25, -0.2) is 0 Å². The quantitative estimate of drug-likeness (QED) is 0.443. The highest BCUT2D eigenvalue weighted by molar-refractivity contribution is 6.19. The molecule has 0 saturated carbocycles. The van der Waals surface area contributed by atoms with E-state index in [9.17, 15) is 5.11 Å². The van der Waals surface area contributed by atoms with Gasteiger partial charge in [0.2, 0.25) is 0 Å². The Bertz CT molecular complexity index is 140. The third-order valence-electron chi connectivity index (χ3n) is 1.84. The van der Waals surface area contributed by atoms with E-state index in [1.54, 1.807) is 6.92 Å². The van der Waals surface area contributed by atoms with Gasteiger partial charge in [-0.05, 0) is 6.92 Å². The van der Waals surface area contributed by atoms with E-state index in [0.717, 1.165) is 0 Å². The second-order valence-electron chi connectivity index (χ2n) is 2.53. The molecule has 2 aliphatic heterocycles. The van der Waals surface area contributed by atoms with E-state index in [0.29, 0.717) is 0 Å². The molecule has 2 aliphatic rings. The van der Waals surface area contributed by atoms with E-state index in [1.807, 2.05) is 0 Å². The Kier molecular flexibility index (Phi) is 1.45. The zero-order chi connectivity index (χ0) is 7.14. The summed E-state index contributed by atoms with van der Waals surface area (Å²) < 4.78 is 15.0. The van der Waals surface area contributed by atoms with Gasteiger partial charge in [0.1, 0.15) is 12.2 Å². The van der Waals surface area contributed by atoms with Gasteiger partial charge < -0.3 is 19.2 Å². The zero-order valence-electron chi connectivity index (χ0n) is 5.56. The fourth-order valence-corrected chi connectivity index (χ4v) is 1.20. The molecule has 4 atom stereocenters. The third kappa shape index (κ3) is 0.785. The highest BCUT2D eigenvalue weighted by Gasteiger charge is 2.46. The normalized spacial score (nSPS) is 52.6. The van der Waals surface area contributed by atoms with Gasteiger partial charge in [-0.3, -0.25) is 0 Å². The summed E-state index contributed by atoms with van der Waals surface area (Å²) in [6, 6.07) is 0. The van der Waals surface area contributed by atoms with E-state index in [1.165, 1.54) is 7.69 Å². The highest BCUT2D eigenvalue weighted by Crippen LogP contribution is 2.27. The molecule has 0 aromatic heterocycles. The summed E-state index contributed by atoms with van der Waals surface area (Å²) in [5, 5.41) is 9.32. The smallest absolute Gasteiger partial charge is 0.403 e. The van der Waals surface area contributed by atoms with Crippen molar-refractivity contribution >= 4 is 7.69 Å². The lowest BCUT2D eigenvalue weighted by molar-refractivity contribution is -0.0687. The van der Waals surface area contributed by atoms with Gasteiger partial charge in [-0.1, -0.05) is 0 Å². The van der Waals surface area contributed by atoms with Crippen LogP contribution < -0.4 is 0 Å². The second-order valence-corrected chi connectivity index (χ2v) is 2.53. The Morgan fingerprint density at radius 1 is 1.40 bits per heavy atom. The minimum absolute atomic E-state index is 0.191. The molecule has 2 saturated heterocycles. The first-order valence-corrected chi connectivity index (χ1v) is 3.25. The molecule has 0 bridgehead atoms. The van der Waals surface area contributed by atoms with Crippen LogP contribution in [0.4, 0.5) is 0 Å². The van der Waals surface area contributed by atoms with E-state index < -0.39 is 12.4 Å². The van der Waals surface area contributed by atoms with Crippen molar-refractivity contribution in [2.24, 2.45) is 0 Å². The SMILES string of the molecule is C[C@@H]1O[C@H]2O[B]O[C@H]2[C@@H]1O. The number of rotatable bonds is 0. The number of hydrogen-bond acceptors (Lipinski definition) is 4. The Hall–Kier alpha value is -0.0951. The van der Waals surface area contributed by atoms with Crippen molar-refractivity contribution in [3.05, 3.63) is 0 Å². The van der Waals surface area contributed by atoms with Crippen LogP contribution in [0.5, 0.6) is 0 Å². The summed E-state index contributed by atoms with van der Waals surface area (Å²) >= 11 is 0. The van der Waals surface area contributed by atoms with Crippen molar-refractivity contribution in [2.75, 3.05) is 0 Å². The highest BCUT2D eigenvalue weighted by atomic mass is 16.8. The Balaban J connectivity index is 2.09. The largest absolute Gasteiger partial charge is 0.490 e. The molecule has 10 heavy (non-hydrogen) atoms. The maximum absolute atomic E-state index is 9.32. The van der Waals surface area contributed by atoms with Gasteiger partial charge in [0, 0.05) is 0 Å². The molecule has 0 aromatic carbocycles. The molecule has 2 heterocycles. The molecular formula is C5H8BO4. The maximum atomic E-state index is 9.32. The fourth-order valence-electron chi connectivity index (χ4n) is 1.20. The van der Waals surface area contributed by atoms with Crippen LogP contribution in [-0.4, -0.2) is 37.4 Å². The number of aliphatic hydroxyl groups is 1. The lowest BCUT2D eigenvalue weighted by Crippen LogP contribution is -2.30. The lowest BCUT2D eigenvalue weighted by atomic mass is 10.2. The van der Waals surface area contributed by atoms with Crippen LogP contribution in [0.15, 0.2) is 0 Å². The van der Waals surface area contributed by atoms with Crippen LogP contribution in [-0.2, 0) is 14.0 Å². The standard InChI is InChI=1S/C5H8BO4/c1-2-3(7)4-5(8-2)10-6-9-4/h2-5,7H,1H3/t2-,3+,4-,5-/m0/s1. The van der Waals surface area contributed by atoms with Gasteiger partial charge in [-0.2, -0.15) is 0 Å². The average Bonchev–Trinajstić information content (AvgIpc) is 2.41. The van der Waals surface area contributed by atoms with Crippen molar-refractivity contribution in [3.8, 4) is 0 Å². The van der Waals surface area contributed by atoms with Gasteiger partial charge in [-0.15, -0.1) is 0 Å². The summed E-state index contributed by atoms with van der Waals surface area (Å²) in [4.78, 5) is 0. The molecule has 0 amide bonds. The average molecular weight is 143 g/mol. The van der Waals surface area contributed by atoms with Crippen LogP contribution in [0.3, 0.4) is 0 Å². The lowest BCUT2D eigenvalue weighted by Gasteiger charge is -2.10. The van der Waals surface area contributed by atoms with E-state index in [4.69, 9.17) is 14.0 Å². The van der Waals surface area contributed by atoms with Gasteiger partial charge in [0.15, 0.2) is 6.29 Å². The predicted octanol–water partition coefficient (Wildman–Crippen LogP) is -0.958. The van der Waals surface area contributed by atoms with Gasteiger partial charge in [0.25, 0.3) is 0 Å². The summed E-state index contributed by atoms with van der Waals surface area (Å²) in [6.45, 7) is 1.79. The monoisotopic (exact) mass is 143 g/mol. The third-order valence-corrected chi connectivity index (χ3v) is 1.84. The van der Waals surface area contributed by atoms with Crippen LogP contribution in [0.25, 0.3) is 0 Å². The minimum Gasteiger partial charge on any atom is -0.403 e. The molecule has 0 spiro atoms. The summed E-state index contributed by atoms with van der Waals surface area (Å²) in [5.41, 5.74) is 0. The van der Waals surface area contributed by atoms with E-state index in [-0.39, 0.29) is 12.2 Å². The number of aliphatic hydroxyl groups excluding tert-OH is 1. The Morgan fingerprint density at radius 2 is 2.20 bits per heavy atom. The van der Waals surface area contributed by atoms with Crippen molar-refractivity contribution in [2.45, 2.75) is 31.5 Å². The van der Waals surface area contributed by atoms with E-state index >= 15 is 0 Å². The van der Waals surface area contributed by atoms with Crippen LogP contribution >= 0.6 is 0 Å². The first-order valence-electron chi connectivity index (χ1n) is 3.25. The van der Waals surface area contributed by atoms with Crippen molar-refractivity contribution in [3.63, 3.8) is 0 Å². The molecule has 5 heteroatoms. The molecule has 4 nitrogen and oxygen atoms in total. The van der Waals surface area contributed by atoms with Crippen LogP contribution in [0.2, 0.25) is 0 Å². The van der Waals surface area contributed by atoms with E-state index in [2.05, 4.69) is 0 Å². The minimum atomic E-state index is -0.566. The molecular weight excluding hydrogens is 135 g/mol. The van der Waals surface area contributed by atoms with Gasteiger partial charge >= 0.3 is 7.69 Å². The zero-order valence-corrected chi connectivity index (χ0v) is 5.56. The molecule has 1 radical (unpaired) electrons. The van der Waals surface area contributed by atoms with Gasteiger partial charge in [0.05, 0.1) is 6.10 Å². The molecule has 0 aromatic rings. The molecule has 1 N–H and O–H groups in total. The number of ether oxygens (including phenoxy) is 1. The molecule has 0 aliphatic carbocycles. The first-order chi connectivity index (χ1) is 4.79. The molecule has 2 rings (SSSR count). The first kappa shape index (κ1) is 6.60. The summed E-state index contributed by atoms with van der Waals surface area (Å²) in [6.07, 6.45) is -1.48. The molecule has 0 unspecified atom stereocenters. The summed E-state index contributed by atoms with van der Waals surface area (Å²) in [7, 11) is 1.21. The number of hydrogen-bond donors (Lipinski definition) is 1. The second kappa shape index (κ2) is 2.20. The molecule has 2 fully saturated rings. The van der Waals surface area contributed by atoms with Crippen molar-refractivity contribution < 1.29 is 19.2 Å². The Morgan fingerprint density at radius 3 is 2.90 bits per heavy atom. The molecule has 55 valence electrons. The fraction of sp³-hybridized carbons (Fsp3) is 1.00. The summed E-state index contributed by atoms with van der Waals surface area (Å²) in [5.74, 6) is 0.